The third-order valence-electron chi connectivity index (χ3n) is 7.97. The van der Waals surface area contributed by atoms with E-state index in [-0.39, 0.29) is 19.4 Å². The summed E-state index contributed by atoms with van der Waals surface area (Å²) in [4.78, 5) is 52.0. The van der Waals surface area contributed by atoms with Crippen LogP contribution in [0.15, 0.2) is 21.9 Å². The Morgan fingerprint density at radius 2 is 1.48 bits per heavy atom. The van der Waals surface area contributed by atoms with Crippen molar-refractivity contribution in [1.29, 1.82) is 0 Å². The molecule has 7 N–H and O–H groups in total. The van der Waals surface area contributed by atoms with E-state index in [1.54, 1.807) is 0 Å². The Balaban J connectivity index is 2.77. The first-order valence-corrected chi connectivity index (χ1v) is 16.2. The van der Waals surface area contributed by atoms with Gasteiger partial charge in [-0.3, -0.25) is 19.1 Å². The fourth-order valence-electron chi connectivity index (χ4n) is 5.33. The number of aromatic amines is 1. The van der Waals surface area contributed by atoms with Crippen molar-refractivity contribution < 1.29 is 34.8 Å². The van der Waals surface area contributed by atoms with Crippen LogP contribution in [-0.4, -0.2) is 84.9 Å². The molecule has 0 aliphatic carbocycles. The number of carboxylic acid groups (broad SMARTS) is 1. The molecule has 0 saturated heterocycles. The second kappa shape index (κ2) is 22.9. The minimum Gasteiger partial charge on any atom is -0.480 e. The molecule has 0 aromatic carbocycles. The van der Waals surface area contributed by atoms with Crippen LogP contribution in [0.4, 0.5) is 0 Å². The van der Waals surface area contributed by atoms with Gasteiger partial charge in [-0.2, -0.15) is 0 Å². The molecule has 0 aliphatic rings. The quantitative estimate of drug-likeness (QED) is 0.0652. The summed E-state index contributed by atoms with van der Waals surface area (Å²) in [5.41, 5.74) is 3.88. The van der Waals surface area contributed by atoms with Crippen molar-refractivity contribution >= 4 is 11.9 Å². The van der Waals surface area contributed by atoms with Gasteiger partial charge >= 0.3 is 11.7 Å². The van der Waals surface area contributed by atoms with Gasteiger partial charge < -0.3 is 35.8 Å². The molecule has 0 fully saturated rings. The molecule has 1 heterocycles. The number of H-pyrrole nitrogens is 1. The fraction of sp³-hybridized carbons (Fsp3) is 0.806. The van der Waals surface area contributed by atoms with Crippen LogP contribution in [0.2, 0.25) is 0 Å². The molecular weight excluding hydrogens is 572 g/mol. The molecule has 0 saturated carbocycles. The summed E-state index contributed by atoms with van der Waals surface area (Å²) >= 11 is 0. The molecule has 13 nitrogen and oxygen atoms in total. The first-order chi connectivity index (χ1) is 21.1. The molecule has 0 radical (unpaired) electrons. The number of methoxy groups -OCH3 is 1. The van der Waals surface area contributed by atoms with E-state index in [4.69, 9.17) is 10.5 Å². The highest BCUT2D eigenvalue weighted by molar-refractivity contribution is 5.83. The molecule has 0 spiro atoms. The van der Waals surface area contributed by atoms with Crippen LogP contribution in [0.1, 0.15) is 122 Å². The topological polar surface area (TPSA) is 208 Å². The summed E-state index contributed by atoms with van der Waals surface area (Å²) < 4.78 is 5.94. The summed E-state index contributed by atoms with van der Waals surface area (Å²) in [5, 5.41) is 42.3. The first kappa shape index (κ1) is 39.4. The van der Waals surface area contributed by atoms with Gasteiger partial charge in [0, 0.05) is 32.2 Å². The number of aromatic nitrogens is 2. The number of unbranched alkanes of at least 4 members (excludes halogenated alkanes) is 12. The van der Waals surface area contributed by atoms with Crippen LogP contribution >= 0.6 is 0 Å². The second-order valence-corrected chi connectivity index (χ2v) is 11.5. The zero-order valence-corrected chi connectivity index (χ0v) is 26.6. The number of carboxylic acids is 1. The monoisotopic (exact) mass is 628 g/mol. The van der Waals surface area contributed by atoms with Crippen molar-refractivity contribution in [1.82, 2.24) is 14.5 Å². The van der Waals surface area contributed by atoms with Crippen molar-refractivity contribution in [3.63, 3.8) is 0 Å². The van der Waals surface area contributed by atoms with E-state index < -0.39 is 60.3 Å². The Morgan fingerprint density at radius 1 is 0.932 bits per heavy atom. The lowest BCUT2D eigenvalue weighted by molar-refractivity contribution is -0.166. The van der Waals surface area contributed by atoms with E-state index in [0.717, 1.165) is 42.8 Å². The zero-order valence-electron chi connectivity index (χ0n) is 26.6. The van der Waals surface area contributed by atoms with Crippen molar-refractivity contribution in [2.75, 3.05) is 13.7 Å². The highest BCUT2D eigenvalue weighted by atomic mass is 16.5. The Bertz CT molecular complexity index is 1050. The highest BCUT2D eigenvalue weighted by Crippen LogP contribution is 2.23. The van der Waals surface area contributed by atoms with Crippen molar-refractivity contribution in [3.05, 3.63) is 33.1 Å². The lowest BCUT2D eigenvalue weighted by atomic mass is 10.00. The molecule has 4 unspecified atom stereocenters. The van der Waals surface area contributed by atoms with Crippen LogP contribution in [0.25, 0.3) is 0 Å². The third-order valence-corrected chi connectivity index (χ3v) is 7.97. The molecule has 13 heteroatoms. The van der Waals surface area contributed by atoms with E-state index in [9.17, 15) is 39.6 Å². The number of ether oxygens (including phenoxy) is 1. The molecule has 1 rings (SSSR count). The van der Waals surface area contributed by atoms with Gasteiger partial charge in [-0.25, -0.2) is 9.59 Å². The number of aliphatic hydroxyl groups excluding tert-OH is 3. The second-order valence-electron chi connectivity index (χ2n) is 11.5. The molecule has 5 atom stereocenters. The van der Waals surface area contributed by atoms with Crippen molar-refractivity contribution in [3.8, 4) is 0 Å². The number of nitrogens with two attached hydrogens (primary N) is 1. The molecule has 1 aromatic rings. The Labute approximate surface area is 260 Å². The number of carbonyl (C=O) groups is 2. The van der Waals surface area contributed by atoms with E-state index in [0.29, 0.717) is 17.4 Å². The summed E-state index contributed by atoms with van der Waals surface area (Å²) in [5.74, 6) is -1.98. The number of rotatable bonds is 26. The SMILES string of the molecule is CCCCCCCCCCCCCCCC(=O)N(C(CC(OC)C(O)C(O)n1ccc(=O)[nH]c1=O)C(=O)O)[C@H](O)CCCN. The predicted octanol–water partition coefficient (Wildman–Crippen LogP) is 2.61. The van der Waals surface area contributed by atoms with Gasteiger partial charge in [0.25, 0.3) is 5.56 Å². The smallest absolute Gasteiger partial charge is 0.330 e. The van der Waals surface area contributed by atoms with Crippen molar-refractivity contribution in [2.24, 2.45) is 5.73 Å². The number of nitrogens with zero attached hydrogens (tertiary/aromatic N) is 2. The maximum atomic E-state index is 13.3. The Morgan fingerprint density at radius 3 is 1.95 bits per heavy atom. The van der Waals surface area contributed by atoms with E-state index >= 15 is 0 Å². The summed E-state index contributed by atoms with van der Waals surface area (Å²) in [6.07, 6.45) is 9.16. The summed E-state index contributed by atoms with van der Waals surface area (Å²) in [7, 11) is 1.18. The fourth-order valence-corrected chi connectivity index (χ4v) is 5.33. The van der Waals surface area contributed by atoms with Gasteiger partial charge in [-0.05, 0) is 25.8 Å². The maximum absolute atomic E-state index is 13.3. The van der Waals surface area contributed by atoms with Crippen LogP contribution in [0.3, 0.4) is 0 Å². The number of carbonyl (C=O) groups excluding carboxylic acids is 1. The lowest BCUT2D eigenvalue weighted by Gasteiger charge is -2.36. The number of nitrogens with one attached hydrogen (secondary N) is 1. The molecular formula is C31H56N4O9. The summed E-state index contributed by atoms with van der Waals surface area (Å²) in [6, 6.07) is -0.625. The van der Waals surface area contributed by atoms with Gasteiger partial charge in [0.15, 0.2) is 6.23 Å². The average Bonchev–Trinajstić information content (AvgIpc) is 2.99. The largest absolute Gasteiger partial charge is 0.480 e. The van der Waals surface area contributed by atoms with Gasteiger partial charge in [-0.15, -0.1) is 0 Å². The number of aliphatic carboxylic acids is 1. The van der Waals surface area contributed by atoms with Gasteiger partial charge in [0.05, 0.1) is 6.10 Å². The van der Waals surface area contributed by atoms with Gasteiger partial charge in [0.1, 0.15) is 18.4 Å². The minimum absolute atomic E-state index is 0.0385. The first-order valence-electron chi connectivity index (χ1n) is 16.2. The number of aliphatic hydroxyl groups is 3. The molecule has 1 amide bonds. The van der Waals surface area contributed by atoms with Crippen molar-refractivity contribution in [2.45, 2.75) is 147 Å². The molecule has 0 aliphatic heterocycles. The summed E-state index contributed by atoms with van der Waals surface area (Å²) in [6.45, 7) is 2.45. The molecule has 1 aromatic heterocycles. The molecule has 44 heavy (non-hydrogen) atoms. The minimum atomic E-state index is -1.89. The lowest BCUT2D eigenvalue weighted by Crippen LogP contribution is -2.54. The van der Waals surface area contributed by atoms with Crippen LogP contribution in [-0.2, 0) is 14.3 Å². The van der Waals surface area contributed by atoms with E-state index in [1.165, 1.54) is 58.5 Å². The number of hydrogen-bond acceptors (Lipinski definition) is 9. The zero-order chi connectivity index (χ0) is 32.9. The third kappa shape index (κ3) is 14.5. The predicted molar refractivity (Wildman–Crippen MR) is 167 cm³/mol. The standard InChI is InChI=1S/C31H56N4O9/c1-3-4-5-6-7-8-9-10-11-12-13-14-15-17-26(37)35(27(38)18-16-20-32)23(30(41)42)22-24(44-2)28(39)29(40)34-21-19-25(36)33-31(34)43/h19,21,23-24,27-29,38-40H,3-18,20,22,32H2,1-2H3,(H,41,42)(H,33,36,43)/t23?,24?,27-,28?,29?/m1/s1. The van der Waals surface area contributed by atoms with Crippen LogP contribution in [0.5, 0.6) is 0 Å². The Kier molecular flexibility index (Phi) is 20.5. The molecule has 254 valence electrons. The normalized spacial score (nSPS) is 15.0. The van der Waals surface area contributed by atoms with Gasteiger partial charge in [-0.1, -0.05) is 84.0 Å². The number of amides is 1. The van der Waals surface area contributed by atoms with E-state index in [2.05, 4.69) is 6.92 Å². The van der Waals surface area contributed by atoms with E-state index in [1.807, 2.05) is 4.98 Å². The Hall–Kier alpha value is -2.58. The van der Waals surface area contributed by atoms with Crippen LogP contribution < -0.4 is 17.0 Å². The average molecular weight is 629 g/mol. The number of hydrogen-bond donors (Lipinski definition) is 6. The molecule has 0 bridgehead atoms. The maximum Gasteiger partial charge on any atom is 0.330 e. The highest BCUT2D eigenvalue weighted by Gasteiger charge is 2.39. The van der Waals surface area contributed by atoms with Gasteiger partial charge in [0.2, 0.25) is 5.91 Å². The van der Waals surface area contributed by atoms with Crippen LogP contribution in [0, 0.1) is 0 Å².